The maximum atomic E-state index is 13.2. The van der Waals surface area contributed by atoms with E-state index in [-0.39, 0.29) is 23.3 Å². The molecule has 2 aromatic carbocycles. The number of hydrogen-bond donors (Lipinski definition) is 1. The summed E-state index contributed by atoms with van der Waals surface area (Å²) in [7, 11) is -3.50. The Morgan fingerprint density at radius 3 is 2.38 bits per heavy atom. The number of amides is 1. The van der Waals surface area contributed by atoms with Crippen LogP contribution in [0.3, 0.4) is 0 Å². The van der Waals surface area contributed by atoms with E-state index in [2.05, 4.69) is 30.4 Å². The summed E-state index contributed by atoms with van der Waals surface area (Å²) in [5.41, 5.74) is 2.73. The first-order valence-corrected chi connectivity index (χ1v) is 13.0. The van der Waals surface area contributed by atoms with Crippen LogP contribution in [0.25, 0.3) is 0 Å². The van der Waals surface area contributed by atoms with Gasteiger partial charge in [-0.2, -0.15) is 0 Å². The van der Waals surface area contributed by atoms with Crippen molar-refractivity contribution in [2.45, 2.75) is 64.8 Å². The van der Waals surface area contributed by atoms with Gasteiger partial charge in [0.25, 0.3) is 5.91 Å². The molecule has 1 aliphatic carbocycles. The van der Waals surface area contributed by atoms with Gasteiger partial charge in [0.1, 0.15) is 0 Å². The number of rotatable bonds is 6. The van der Waals surface area contributed by atoms with Gasteiger partial charge in [0, 0.05) is 24.7 Å². The molecule has 0 radical (unpaired) electrons. The minimum atomic E-state index is -3.50. The number of likely N-dealkylation sites (tertiary alicyclic amines) is 1. The average molecular weight is 455 g/mol. The predicted molar refractivity (Wildman–Crippen MR) is 128 cm³/mol. The zero-order valence-corrected chi connectivity index (χ0v) is 20.3. The van der Waals surface area contributed by atoms with Crippen molar-refractivity contribution in [3.05, 3.63) is 71.3 Å². The molecule has 2 fully saturated rings. The molecule has 1 saturated heterocycles. The summed E-state index contributed by atoms with van der Waals surface area (Å²) in [5, 5.41) is -0.635. The average Bonchev–Trinajstić information content (AvgIpc) is 3.00. The van der Waals surface area contributed by atoms with Crippen LogP contribution in [-0.2, 0) is 16.6 Å². The lowest BCUT2D eigenvalue weighted by Crippen LogP contribution is -2.37. The Bertz CT molecular complexity index is 1080. The number of benzene rings is 2. The quantitative estimate of drug-likeness (QED) is 0.675. The Labute approximate surface area is 192 Å². The van der Waals surface area contributed by atoms with Crippen molar-refractivity contribution in [2.24, 2.45) is 10.8 Å². The molecule has 0 spiro atoms. The van der Waals surface area contributed by atoms with Gasteiger partial charge in [-0.15, -0.1) is 0 Å². The van der Waals surface area contributed by atoms with Crippen LogP contribution in [0.1, 0.15) is 73.7 Å². The maximum absolute atomic E-state index is 13.2. The molecule has 32 heavy (non-hydrogen) atoms. The van der Waals surface area contributed by atoms with E-state index in [4.69, 9.17) is 0 Å². The normalized spacial score (nSPS) is 25.5. The zero-order chi connectivity index (χ0) is 23.1. The largest absolute Gasteiger partial charge is 0.335 e. The molecule has 6 heteroatoms. The Balaban J connectivity index is 1.40. The molecule has 0 aromatic heterocycles. The minimum Gasteiger partial charge on any atom is -0.335 e. The van der Waals surface area contributed by atoms with Gasteiger partial charge in [-0.25, -0.2) is 13.1 Å². The maximum Gasteiger partial charge on any atom is 0.254 e. The Hall–Kier alpha value is -2.18. The molecule has 1 amide bonds. The molecule has 3 atom stereocenters. The van der Waals surface area contributed by atoms with Crippen LogP contribution in [0.4, 0.5) is 0 Å². The van der Waals surface area contributed by atoms with E-state index in [0.717, 1.165) is 36.9 Å². The van der Waals surface area contributed by atoms with Crippen LogP contribution in [0.5, 0.6) is 0 Å². The van der Waals surface area contributed by atoms with Crippen LogP contribution in [0.2, 0.25) is 0 Å². The van der Waals surface area contributed by atoms with E-state index in [1.807, 2.05) is 54.6 Å². The van der Waals surface area contributed by atoms with E-state index < -0.39 is 15.3 Å². The summed E-state index contributed by atoms with van der Waals surface area (Å²) in [5.74, 6) is 0.0845. The van der Waals surface area contributed by atoms with Gasteiger partial charge in [-0.05, 0) is 60.3 Å². The standard InChI is InChI=1S/C26H34N2O3S/c1-19(21-8-6-5-7-9-21)32(30,31)27-16-20-10-12-22(13-11-20)24(29)28-18-26(4)15-23(28)14-25(2,3)17-26/h5-13,19,23,27H,14-18H2,1-4H3. The number of sulfonamides is 1. The van der Waals surface area contributed by atoms with Crippen molar-refractivity contribution in [1.29, 1.82) is 0 Å². The fraction of sp³-hybridized carbons (Fsp3) is 0.500. The van der Waals surface area contributed by atoms with Crippen molar-refractivity contribution >= 4 is 15.9 Å². The van der Waals surface area contributed by atoms with Crippen LogP contribution in [0.15, 0.2) is 54.6 Å². The van der Waals surface area contributed by atoms with Gasteiger partial charge in [0.15, 0.2) is 0 Å². The Morgan fingerprint density at radius 1 is 1.06 bits per heavy atom. The smallest absolute Gasteiger partial charge is 0.254 e. The topological polar surface area (TPSA) is 66.5 Å². The molecule has 1 aliphatic heterocycles. The molecule has 2 bridgehead atoms. The summed E-state index contributed by atoms with van der Waals surface area (Å²) in [6, 6.07) is 16.8. The Morgan fingerprint density at radius 2 is 1.72 bits per heavy atom. The SMILES string of the molecule is CC(c1ccccc1)S(=O)(=O)NCc1ccc(C(=O)N2CC3(C)CC2CC(C)(C)C3)cc1. The first kappa shape index (κ1) is 23.0. The highest BCUT2D eigenvalue weighted by Crippen LogP contribution is 2.52. The van der Waals surface area contributed by atoms with E-state index in [9.17, 15) is 13.2 Å². The minimum absolute atomic E-state index is 0.0845. The number of hydrogen-bond acceptors (Lipinski definition) is 3. The predicted octanol–water partition coefficient (Wildman–Crippen LogP) is 4.91. The third-order valence-corrected chi connectivity index (χ3v) is 8.84. The summed E-state index contributed by atoms with van der Waals surface area (Å²) >= 11 is 0. The van der Waals surface area contributed by atoms with Crippen molar-refractivity contribution in [1.82, 2.24) is 9.62 Å². The van der Waals surface area contributed by atoms with Crippen molar-refractivity contribution in [3.63, 3.8) is 0 Å². The van der Waals surface area contributed by atoms with E-state index in [0.29, 0.717) is 11.6 Å². The van der Waals surface area contributed by atoms with Crippen molar-refractivity contribution in [3.8, 4) is 0 Å². The number of fused-ring (bicyclic) bond motifs is 2. The molecule has 1 heterocycles. The zero-order valence-electron chi connectivity index (χ0n) is 19.5. The first-order chi connectivity index (χ1) is 15.0. The van der Waals surface area contributed by atoms with E-state index in [1.165, 1.54) is 0 Å². The second-order valence-corrected chi connectivity index (χ2v) is 12.8. The van der Waals surface area contributed by atoms with Gasteiger partial charge < -0.3 is 4.90 Å². The summed E-state index contributed by atoms with van der Waals surface area (Å²) in [6.07, 6.45) is 3.29. The molecule has 1 N–H and O–H groups in total. The van der Waals surface area contributed by atoms with Crippen LogP contribution in [-0.4, -0.2) is 31.8 Å². The Kier molecular flexibility index (Phi) is 5.97. The third-order valence-electron chi connectivity index (χ3n) is 7.09. The van der Waals surface area contributed by atoms with Crippen LogP contribution >= 0.6 is 0 Å². The molecular weight excluding hydrogens is 420 g/mol. The van der Waals surface area contributed by atoms with Crippen molar-refractivity contribution < 1.29 is 13.2 Å². The molecule has 4 rings (SSSR count). The van der Waals surface area contributed by atoms with Crippen molar-refractivity contribution in [2.75, 3.05) is 6.54 Å². The molecule has 172 valence electrons. The fourth-order valence-corrected chi connectivity index (χ4v) is 6.97. The highest BCUT2D eigenvalue weighted by Gasteiger charge is 2.51. The summed E-state index contributed by atoms with van der Waals surface area (Å²) in [4.78, 5) is 15.3. The number of nitrogens with one attached hydrogen (secondary N) is 1. The lowest BCUT2D eigenvalue weighted by atomic mass is 9.65. The second kappa shape index (κ2) is 8.31. The van der Waals surface area contributed by atoms with Gasteiger partial charge in [0.2, 0.25) is 10.0 Å². The lowest BCUT2D eigenvalue weighted by Gasteiger charge is -2.39. The highest BCUT2D eigenvalue weighted by molar-refractivity contribution is 7.89. The molecule has 5 nitrogen and oxygen atoms in total. The fourth-order valence-electron chi connectivity index (χ4n) is 5.84. The number of nitrogens with zero attached hydrogens (tertiary/aromatic N) is 1. The first-order valence-electron chi connectivity index (χ1n) is 11.4. The summed E-state index contributed by atoms with van der Waals surface area (Å²) < 4.78 is 28.0. The number of carbonyl (C=O) groups is 1. The molecule has 1 saturated carbocycles. The van der Waals surface area contributed by atoms with Gasteiger partial charge in [0.05, 0.1) is 5.25 Å². The second-order valence-electron chi connectivity index (χ2n) is 10.8. The molecule has 2 aromatic rings. The molecule has 2 aliphatic rings. The van der Waals surface area contributed by atoms with Crippen LogP contribution < -0.4 is 4.72 Å². The third kappa shape index (κ3) is 4.76. The van der Waals surface area contributed by atoms with E-state index in [1.54, 1.807) is 6.92 Å². The molecule has 3 unspecified atom stereocenters. The summed E-state index contributed by atoms with van der Waals surface area (Å²) in [6.45, 7) is 9.62. The highest BCUT2D eigenvalue weighted by atomic mass is 32.2. The van der Waals surface area contributed by atoms with Crippen LogP contribution in [0, 0.1) is 10.8 Å². The van der Waals surface area contributed by atoms with Gasteiger partial charge in [-0.1, -0.05) is 63.2 Å². The lowest BCUT2D eigenvalue weighted by molar-refractivity contribution is 0.0708. The molecular formula is C26H34N2O3S. The van der Waals surface area contributed by atoms with Gasteiger partial charge in [-0.3, -0.25) is 4.79 Å². The van der Waals surface area contributed by atoms with E-state index >= 15 is 0 Å². The number of carbonyl (C=O) groups excluding carboxylic acids is 1. The van der Waals surface area contributed by atoms with Gasteiger partial charge >= 0.3 is 0 Å². The monoisotopic (exact) mass is 454 g/mol.